The Morgan fingerprint density at radius 1 is 1.10 bits per heavy atom. The van der Waals surface area contributed by atoms with E-state index in [1.807, 2.05) is 6.07 Å². The molecule has 29 heavy (non-hydrogen) atoms. The van der Waals surface area contributed by atoms with E-state index in [0.717, 1.165) is 6.42 Å². The Balaban J connectivity index is 1.39. The summed E-state index contributed by atoms with van der Waals surface area (Å²) < 4.78 is 37.8. The number of rotatable bonds is 7. The second kappa shape index (κ2) is 7.26. The molecule has 0 bridgehead atoms. The molecule has 1 saturated carbocycles. The van der Waals surface area contributed by atoms with Crippen molar-refractivity contribution in [2.24, 2.45) is 11.3 Å². The third-order valence-corrected chi connectivity index (χ3v) is 7.98. The van der Waals surface area contributed by atoms with E-state index in [0.29, 0.717) is 18.4 Å². The maximum Gasteiger partial charge on any atom is 0.191 e. The summed E-state index contributed by atoms with van der Waals surface area (Å²) in [5, 5.41) is 4.37. The standard InChI is InChI=1S/C23H27FN2O2S/c1-15-21(18-6-4-5-7-20(18)26-15)22-19(23(22,2)3)12-13-25-14-29(27,28)17-10-8-16(24)9-11-17/h4-11,19,22,25-26H,12-14H2,1-3H3/t19-,22-/m0/s1. The fraction of sp³-hybridized carbons (Fsp3) is 0.391. The van der Waals surface area contributed by atoms with Crippen LogP contribution in [0.3, 0.4) is 0 Å². The third-order valence-electron chi connectivity index (χ3n) is 6.40. The van der Waals surface area contributed by atoms with E-state index in [-0.39, 0.29) is 16.2 Å². The molecular weight excluding hydrogens is 387 g/mol. The summed E-state index contributed by atoms with van der Waals surface area (Å²) in [4.78, 5) is 3.64. The highest BCUT2D eigenvalue weighted by Crippen LogP contribution is 2.67. The van der Waals surface area contributed by atoms with Gasteiger partial charge in [0.2, 0.25) is 0 Å². The Bertz CT molecular complexity index is 1130. The number of aromatic nitrogens is 1. The molecule has 0 spiro atoms. The number of H-pyrrole nitrogens is 1. The number of para-hydroxylation sites is 1. The maximum absolute atomic E-state index is 13.0. The second-order valence-corrected chi connectivity index (χ2v) is 10.6. The molecule has 0 unspecified atom stereocenters. The Kier molecular flexibility index (Phi) is 5.03. The fourth-order valence-corrected chi connectivity index (χ4v) is 5.87. The van der Waals surface area contributed by atoms with Crippen molar-refractivity contribution < 1.29 is 12.8 Å². The van der Waals surface area contributed by atoms with E-state index >= 15 is 0 Å². The number of hydrogen-bond donors (Lipinski definition) is 2. The SMILES string of the molecule is Cc1[nH]c2ccccc2c1[C@@H]1[C@H](CCNCS(=O)(=O)c2ccc(F)cc2)C1(C)C. The molecule has 0 amide bonds. The molecule has 4 nitrogen and oxygen atoms in total. The molecule has 6 heteroatoms. The minimum atomic E-state index is -3.46. The zero-order chi connectivity index (χ0) is 20.8. The average molecular weight is 415 g/mol. The zero-order valence-electron chi connectivity index (χ0n) is 17.0. The molecule has 3 aromatic rings. The van der Waals surface area contributed by atoms with Gasteiger partial charge in [0, 0.05) is 16.6 Å². The van der Waals surface area contributed by atoms with Crippen LogP contribution in [0.2, 0.25) is 0 Å². The lowest BCUT2D eigenvalue weighted by Crippen LogP contribution is -2.24. The van der Waals surface area contributed by atoms with E-state index in [9.17, 15) is 12.8 Å². The molecule has 0 aliphatic heterocycles. The van der Waals surface area contributed by atoms with Gasteiger partial charge in [-0.3, -0.25) is 0 Å². The number of sulfone groups is 1. The minimum absolute atomic E-state index is 0.136. The molecule has 1 aromatic heterocycles. The molecular formula is C23H27FN2O2S. The topological polar surface area (TPSA) is 62.0 Å². The van der Waals surface area contributed by atoms with Gasteiger partial charge in [-0.25, -0.2) is 12.8 Å². The minimum Gasteiger partial charge on any atom is -0.358 e. The first kappa shape index (κ1) is 20.1. The average Bonchev–Trinajstić information content (AvgIpc) is 3.03. The van der Waals surface area contributed by atoms with Gasteiger partial charge in [-0.2, -0.15) is 0 Å². The van der Waals surface area contributed by atoms with Crippen LogP contribution < -0.4 is 5.32 Å². The summed E-state index contributed by atoms with van der Waals surface area (Å²) in [5.74, 6) is 0.393. The summed E-state index contributed by atoms with van der Waals surface area (Å²) in [6.07, 6.45) is 0.912. The van der Waals surface area contributed by atoms with Crippen molar-refractivity contribution in [1.82, 2.24) is 10.3 Å². The van der Waals surface area contributed by atoms with Crippen molar-refractivity contribution in [1.29, 1.82) is 0 Å². The number of aromatic amines is 1. The molecule has 1 aliphatic rings. The summed E-state index contributed by atoms with van der Waals surface area (Å²) in [6, 6.07) is 13.4. The van der Waals surface area contributed by atoms with Crippen LogP contribution in [0.5, 0.6) is 0 Å². The predicted octanol–water partition coefficient (Wildman–Crippen LogP) is 4.77. The van der Waals surface area contributed by atoms with Gasteiger partial charge in [-0.15, -0.1) is 0 Å². The zero-order valence-corrected chi connectivity index (χ0v) is 17.8. The van der Waals surface area contributed by atoms with Gasteiger partial charge < -0.3 is 10.3 Å². The summed E-state index contributed by atoms with van der Waals surface area (Å²) in [6.45, 7) is 7.35. The van der Waals surface area contributed by atoms with Crippen LogP contribution in [0, 0.1) is 24.1 Å². The first-order valence-electron chi connectivity index (χ1n) is 9.98. The summed E-state index contributed by atoms with van der Waals surface area (Å²) in [5.41, 5.74) is 3.98. The molecule has 0 radical (unpaired) electrons. The Hall–Kier alpha value is -2.18. The smallest absolute Gasteiger partial charge is 0.191 e. The van der Waals surface area contributed by atoms with Gasteiger partial charge in [0.1, 0.15) is 11.7 Å². The lowest BCUT2D eigenvalue weighted by atomic mass is 10.0. The lowest BCUT2D eigenvalue weighted by molar-refractivity contribution is 0.516. The van der Waals surface area contributed by atoms with Crippen LogP contribution in [-0.2, 0) is 9.84 Å². The second-order valence-electron chi connectivity index (χ2n) is 8.62. The van der Waals surface area contributed by atoms with E-state index < -0.39 is 15.7 Å². The van der Waals surface area contributed by atoms with Crippen LogP contribution >= 0.6 is 0 Å². The molecule has 154 valence electrons. The molecule has 0 saturated heterocycles. The van der Waals surface area contributed by atoms with Crippen molar-refractivity contribution in [3.63, 3.8) is 0 Å². The van der Waals surface area contributed by atoms with Gasteiger partial charge in [-0.05, 0) is 73.0 Å². The molecule has 2 N–H and O–H groups in total. The summed E-state index contributed by atoms with van der Waals surface area (Å²) >= 11 is 0. The van der Waals surface area contributed by atoms with Gasteiger partial charge in [0.15, 0.2) is 9.84 Å². The quantitative estimate of drug-likeness (QED) is 0.433. The fourth-order valence-electron chi connectivity index (χ4n) is 4.74. The number of nitrogens with one attached hydrogen (secondary N) is 2. The molecule has 1 aliphatic carbocycles. The van der Waals surface area contributed by atoms with Crippen molar-refractivity contribution in [3.8, 4) is 0 Å². The van der Waals surface area contributed by atoms with Gasteiger partial charge >= 0.3 is 0 Å². The number of aryl methyl sites for hydroxylation is 1. The Morgan fingerprint density at radius 3 is 2.52 bits per heavy atom. The first-order chi connectivity index (χ1) is 13.7. The lowest BCUT2D eigenvalue weighted by Gasteiger charge is -2.07. The third kappa shape index (κ3) is 3.71. The monoisotopic (exact) mass is 414 g/mol. The van der Waals surface area contributed by atoms with E-state index in [1.165, 1.54) is 46.4 Å². The van der Waals surface area contributed by atoms with Crippen LogP contribution in [0.4, 0.5) is 4.39 Å². The van der Waals surface area contributed by atoms with E-state index in [4.69, 9.17) is 0 Å². The first-order valence-corrected chi connectivity index (χ1v) is 11.6. The van der Waals surface area contributed by atoms with Gasteiger partial charge in [-0.1, -0.05) is 32.0 Å². The molecule has 2 aromatic carbocycles. The predicted molar refractivity (Wildman–Crippen MR) is 114 cm³/mol. The largest absolute Gasteiger partial charge is 0.358 e. The number of hydrogen-bond acceptors (Lipinski definition) is 3. The number of benzene rings is 2. The molecule has 1 fully saturated rings. The molecule has 4 rings (SSSR count). The van der Waals surface area contributed by atoms with Crippen LogP contribution in [0.25, 0.3) is 10.9 Å². The Morgan fingerprint density at radius 2 is 1.79 bits per heavy atom. The van der Waals surface area contributed by atoms with Crippen molar-refractivity contribution in [2.75, 3.05) is 12.4 Å². The number of halogens is 1. The molecule has 2 atom stereocenters. The van der Waals surface area contributed by atoms with Gasteiger partial charge in [0.05, 0.1) is 4.90 Å². The highest BCUT2D eigenvalue weighted by atomic mass is 32.2. The van der Waals surface area contributed by atoms with Crippen LogP contribution in [0.15, 0.2) is 53.4 Å². The highest BCUT2D eigenvalue weighted by Gasteiger charge is 2.58. The van der Waals surface area contributed by atoms with E-state index in [1.54, 1.807) is 0 Å². The summed E-state index contributed by atoms with van der Waals surface area (Å²) in [7, 11) is -3.46. The van der Waals surface area contributed by atoms with Crippen LogP contribution in [0.1, 0.15) is 37.4 Å². The number of fused-ring (bicyclic) bond motifs is 1. The van der Waals surface area contributed by atoms with Crippen LogP contribution in [-0.4, -0.2) is 25.8 Å². The normalized spacial score (nSPS) is 20.8. The van der Waals surface area contributed by atoms with Crippen molar-refractivity contribution in [2.45, 2.75) is 38.0 Å². The maximum atomic E-state index is 13.0. The van der Waals surface area contributed by atoms with E-state index in [2.05, 4.69) is 49.3 Å². The van der Waals surface area contributed by atoms with Gasteiger partial charge in [0.25, 0.3) is 0 Å². The van der Waals surface area contributed by atoms with Crippen molar-refractivity contribution >= 4 is 20.7 Å². The Labute approximate surface area is 171 Å². The van der Waals surface area contributed by atoms with Crippen molar-refractivity contribution in [3.05, 3.63) is 65.6 Å². The highest BCUT2D eigenvalue weighted by molar-refractivity contribution is 7.91. The molecule has 1 heterocycles.